The van der Waals surface area contributed by atoms with Crippen LogP contribution in [0.5, 0.6) is 10.9 Å². The summed E-state index contributed by atoms with van der Waals surface area (Å²) in [5.74, 6) is 0.993. The average Bonchev–Trinajstić information content (AvgIpc) is 3.07. The summed E-state index contributed by atoms with van der Waals surface area (Å²) < 4.78 is 5.69. The van der Waals surface area contributed by atoms with Crippen LogP contribution in [0.2, 0.25) is 5.02 Å². The van der Waals surface area contributed by atoms with Gasteiger partial charge < -0.3 is 10.1 Å². The molecule has 3 aliphatic heterocycles. The largest absolute Gasteiger partial charge is 0.428 e. The second kappa shape index (κ2) is 6.94. The summed E-state index contributed by atoms with van der Waals surface area (Å²) in [5, 5.41) is 4.43. The Balaban J connectivity index is 1.42. The standard InChI is InChI=1S/C18H20ClN3O2S/c1-11-17(12-5-8-22(11)9-6-12)21-18(23)14-2-3-16(25-14)24-15-10-13(19)4-7-20-15/h2-4,7,10-12,17H,5-6,8-9H2,1H3,(H,21,23). The van der Waals surface area contributed by atoms with Gasteiger partial charge in [-0.3, -0.25) is 9.69 Å². The molecule has 0 aromatic carbocycles. The highest BCUT2D eigenvalue weighted by Crippen LogP contribution is 2.33. The highest BCUT2D eigenvalue weighted by Gasteiger charge is 2.40. The Labute approximate surface area is 156 Å². The van der Waals surface area contributed by atoms with E-state index in [0.717, 1.165) is 13.1 Å². The number of hydrogen-bond donors (Lipinski definition) is 1. The van der Waals surface area contributed by atoms with Crippen molar-refractivity contribution in [3.05, 3.63) is 40.4 Å². The van der Waals surface area contributed by atoms with Gasteiger partial charge in [-0.25, -0.2) is 4.98 Å². The monoisotopic (exact) mass is 377 g/mol. The minimum absolute atomic E-state index is 0.0236. The number of nitrogens with one attached hydrogen (secondary N) is 1. The summed E-state index contributed by atoms with van der Waals surface area (Å²) >= 11 is 7.26. The van der Waals surface area contributed by atoms with Crippen molar-refractivity contribution < 1.29 is 9.53 Å². The third kappa shape index (κ3) is 3.52. The Morgan fingerprint density at radius 3 is 2.88 bits per heavy atom. The van der Waals surface area contributed by atoms with E-state index in [-0.39, 0.29) is 11.9 Å². The van der Waals surface area contributed by atoms with E-state index in [1.165, 1.54) is 24.2 Å². The van der Waals surface area contributed by atoms with Crippen LogP contribution in [0, 0.1) is 5.92 Å². The van der Waals surface area contributed by atoms with Gasteiger partial charge in [-0.2, -0.15) is 0 Å². The summed E-state index contributed by atoms with van der Waals surface area (Å²) in [6, 6.07) is 7.57. The van der Waals surface area contributed by atoms with Gasteiger partial charge in [-0.15, -0.1) is 0 Å². The van der Waals surface area contributed by atoms with Gasteiger partial charge in [-0.05, 0) is 57.0 Å². The molecule has 3 saturated heterocycles. The molecule has 2 bridgehead atoms. The van der Waals surface area contributed by atoms with E-state index in [4.69, 9.17) is 16.3 Å². The van der Waals surface area contributed by atoms with Gasteiger partial charge in [-0.1, -0.05) is 22.9 Å². The number of hydrogen-bond acceptors (Lipinski definition) is 5. The fourth-order valence-electron chi connectivity index (χ4n) is 3.81. The van der Waals surface area contributed by atoms with E-state index in [0.29, 0.717) is 32.8 Å². The Hall–Kier alpha value is -1.63. The topological polar surface area (TPSA) is 54.5 Å². The molecule has 0 spiro atoms. The van der Waals surface area contributed by atoms with Crippen molar-refractivity contribution in [1.82, 2.24) is 15.2 Å². The fourth-order valence-corrected chi connectivity index (χ4v) is 4.73. The minimum atomic E-state index is -0.0236. The fraction of sp³-hybridized carbons (Fsp3) is 0.444. The first-order valence-corrected chi connectivity index (χ1v) is 9.74. The average molecular weight is 378 g/mol. The maximum Gasteiger partial charge on any atom is 0.261 e. The summed E-state index contributed by atoms with van der Waals surface area (Å²) in [7, 11) is 0. The number of ether oxygens (including phenoxy) is 1. The van der Waals surface area contributed by atoms with Crippen LogP contribution in [0.4, 0.5) is 0 Å². The number of pyridine rings is 1. The molecule has 5 rings (SSSR count). The van der Waals surface area contributed by atoms with Gasteiger partial charge in [0.1, 0.15) is 0 Å². The zero-order valence-corrected chi connectivity index (χ0v) is 15.5. The van der Waals surface area contributed by atoms with Gasteiger partial charge in [0.15, 0.2) is 5.06 Å². The molecule has 7 heteroatoms. The smallest absolute Gasteiger partial charge is 0.261 e. The Morgan fingerprint density at radius 1 is 1.36 bits per heavy atom. The van der Waals surface area contributed by atoms with Gasteiger partial charge in [0, 0.05) is 29.4 Å². The molecule has 25 heavy (non-hydrogen) atoms. The zero-order chi connectivity index (χ0) is 17.4. The van der Waals surface area contributed by atoms with Crippen LogP contribution in [0.1, 0.15) is 29.4 Å². The van der Waals surface area contributed by atoms with Crippen LogP contribution >= 0.6 is 22.9 Å². The number of carbonyl (C=O) groups is 1. The van der Waals surface area contributed by atoms with E-state index in [9.17, 15) is 4.79 Å². The zero-order valence-electron chi connectivity index (χ0n) is 13.9. The number of rotatable bonds is 4. The second-order valence-corrected chi connectivity index (χ2v) is 8.13. The molecule has 5 heterocycles. The van der Waals surface area contributed by atoms with Crippen molar-refractivity contribution in [3.8, 4) is 10.9 Å². The lowest BCUT2D eigenvalue weighted by Gasteiger charge is -2.49. The number of aromatic nitrogens is 1. The predicted molar refractivity (Wildman–Crippen MR) is 98.7 cm³/mol. The van der Waals surface area contributed by atoms with Crippen molar-refractivity contribution in [2.24, 2.45) is 5.92 Å². The van der Waals surface area contributed by atoms with Crippen molar-refractivity contribution in [3.63, 3.8) is 0 Å². The first-order valence-electron chi connectivity index (χ1n) is 8.54. The Morgan fingerprint density at radius 2 is 2.16 bits per heavy atom. The number of halogens is 1. The summed E-state index contributed by atoms with van der Waals surface area (Å²) in [4.78, 5) is 19.9. The molecule has 2 aromatic rings. The molecule has 1 amide bonds. The molecule has 5 nitrogen and oxygen atoms in total. The van der Waals surface area contributed by atoms with Crippen LogP contribution in [-0.2, 0) is 0 Å². The lowest BCUT2D eigenvalue weighted by atomic mass is 9.79. The number of nitrogens with zero attached hydrogens (tertiary/aromatic N) is 2. The van der Waals surface area contributed by atoms with E-state index < -0.39 is 0 Å². The van der Waals surface area contributed by atoms with Crippen LogP contribution in [-0.4, -0.2) is 41.0 Å². The third-order valence-corrected chi connectivity index (χ3v) is 6.38. The van der Waals surface area contributed by atoms with E-state index >= 15 is 0 Å². The van der Waals surface area contributed by atoms with Crippen molar-refractivity contribution in [2.75, 3.05) is 13.1 Å². The maximum absolute atomic E-state index is 12.6. The Kier molecular flexibility index (Phi) is 4.67. The lowest BCUT2D eigenvalue weighted by Crippen LogP contribution is -2.62. The van der Waals surface area contributed by atoms with Gasteiger partial charge >= 0.3 is 0 Å². The minimum Gasteiger partial charge on any atom is -0.428 e. The molecule has 2 unspecified atom stereocenters. The number of piperidine rings is 3. The molecule has 3 fully saturated rings. The second-order valence-electron chi connectivity index (χ2n) is 6.65. The molecule has 132 valence electrons. The number of carbonyl (C=O) groups excluding carboxylic acids is 1. The Bertz CT molecular complexity index is 771. The van der Waals surface area contributed by atoms with Gasteiger partial charge in [0.25, 0.3) is 5.91 Å². The molecular weight excluding hydrogens is 358 g/mol. The maximum atomic E-state index is 12.6. The number of amides is 1. The summed E-state index contributed by atoms with van der Waals surface area (Å²) in [6.45, 7) is 4.52. The first-order chi connectivity index (χ1) is 12.1. The van der Waals surface area contributed by atoms with Crippen molar-refractivity contribution >= 4 is 28.8 Å². The van der Waals surface area contributed by atoms with Gasteiger partial charge in [0.05, 0.1) is 4.88 Å². The van der Waals surface area contributed by atoms with Crippen LogP contribution in [0.15, 0.2) is 30.5 Å². The summed E-state index contributed by atoms with van der Waals surface area (Å²) in [5.41, 5.74) is 0. The molecular formula is C18H20ClN3O2S. The van der Waals surface area contributed by atoms with Crippen LogP contribution < -0.4 is 10.1 Å². The van der Waals surface area contributed by atoms with E-state index in [2.05, 4.69) is 22.1 Å². The molecule has 0 aliphatic carbocycles. The van der Waals surface area contributed by atoms with Crippen LogP contribution in [0.25, 0.3) is 0 Å². The molecule has 3 aliphatic rings. The van der Waals surface area contributed by atoms with E-state index in [1.807, 2.05) is 0 Å². The number of fused-ring (bicyclic) bond motifs is 3. The number of thiophene rings is 1. The van der Waals surface area contributed by atoms with Crippen molar-refractivity contribution in [2.45, 2.75) is 31.8 Å². The van der Waals surface area contributed by atoms with Gasteiger partial charge in [0.2, 0.25) is 5.88 Å². The first kappa shape index (κ1) is 16.8. The SMILES string of the molecule is CC1C(NC(=O)c2ccc(Oc3cc(Cl)ccn3)s2)C2CCN1CC2. The molecule has 2 atom stereocenters. The van der Waals surface area contributed by atoms with E-state index in [1.54, 1.807) is 30.5 Å². The quantitative estimate of drug-likeness (QED) is 0.880. The highest BCUT2D eigenvalue weighted by molar-refractivity contribution is 7.15. The molecule has 2 aromatic heterocycles. The molecule has 1 N–H and O–H groups in total. The lowest BCUT2D eigenvalue weighted by molar-refractivity contribution is 0.0218. The van der Waals surface area contributed by atoms with Crippen molar-refractivity contribution in [1.29, 1.82) is 0 Å². The summed E-state index contributed by atoms with van der Waals surface area (Å²) in [6.07, 6.45) is 3.94. The highest BCUT2D eigenvalue weighted by atomic mass is 35.5. The predicted octanol–water partition coefficient (Wildman–Crippen LogP) is 3.80. The third-order valence-electron chi connectivity index (χ3n) is 5.18. The normalized spacial score (nSPS) is 27.9. The molecule has 0 saturated carbocycles. The molecule has 0 radical (unpaired) electrons. The van der Waals surface area contributed by atoms with Crippen LogP contribution in [0.3, 0.4) is 0 Å².